The molecule has 1 aliphatic heterocycles. The predicted octanol–water partition coefficient (Wildman–Crippen LogP) is -0.685. The molecule has 1 fully saturated rings. The van der Waals surface area contributed by atoms with Crippen molar-refractivity contribution in [3.8, 4) is 0 Å². The van der Waals surface area contributed by atoms with Crippen LogP contribution in [0.5, 0.6) is 0 Å². The third kappa shape index (κ3) is 1.78. The van der Waals surface area contributed by atoms with E-state index < -0.39 is 11.8 Å². The number of nitrogens with two attached hydrogens (primary N) is 1. The third-order valence-electron chi connectivity index (χ3n) is 2.35. The minimum absolute atomic E-state index is 0.140. The van der Waals surface area contributed by atoms with Crippen molar-refractivity contribution >= 4 is 17.6 Å². The molecule has 0 radical (unpaired) electrons. The van der Waals surface area contributed by atoms with Gasteiger partial charge in [0.25, 0.3) is 0 Å². The van der Waals surface area contributed by atoms with Crippen molar-refractivity contribution in [2.45, 2.75) is 6.42 Å². The number of carbonyl (C=O) groups is 2. The van der Waals surface area contributed by atoms with Gasteiger partial charge in [-0.2, -0.15) is 0 Å². The Balaban J connectivity index is 2.19. The molecule has 0 bridgehead atoms. The van der Waals surface area contributed by atoms with Crippen LogP contribution in [0, 0.1) is 5.92 Å². The van der Waals surface area contributed by atoms with E-state index in [2.05, 4.69) is 9.97 Å². The van der Waals surface area contributed by atoms with Crippen LogP contribution in [0.25, 0.3) is 0 Å². The zero-order valence-corrected chi connectivity index (χ0v) is 7.96. The first-order valence-electron chi connectivity index (χ1n) is 4.54. The molecule has 1 aromatic rings. The van der Waals surface area contributed by atoms with Gasteiger partial charge in [-0.3, -0.25) is 19.5 Å². The molecule has 1 atom stereocenters. The maximum atomic E-state index is 11.5. The van der Waals surface area contributed by atoms with Gasteiger partial charge in [-0.05, 0) is 0 Å². The third-order valence-corrected chi connectivity index (χ3v) is 2.35. The molecule has 15 heavy (non-hydrogen) atoms. The highest BCUT2D eigenvalue weighted by atomic mass is 16.2. The number of amides is 2. The van der Waals surface area contributed by atoms with E-state index in [1.54, 1.807) is 0 Å². The minimum atomic E-state index is -0.449. The van der Waals surface area contributed by atoms with Crippen LogP contribution >= 0.6 is 0 Å². The van der Waals surface area contributed by atoms with E-state index in [1.807, 2.05) is 0 Å². The Kier molecular flexibility index (Phi) is 2.32. The van der Waals surface area contributed by atoms with E-state index in [-0.39, 0.29) is 12.3 Å². The topological polar surface area (TPSA) is 89.2 Å². The Morgan fingerprint density at radius 1 is 1.53 bits per heavy atom. The van der Waals surface area contributed by atoms with E-state index in [4.69, 9.17) is 5.73 Å². The highest BCUT2D eigenvalue weighted by molar-refractivity contribution is 5.99. The summed E-state index contributed by atoms with van der Waals surface area (Å²) in [5.41, 5.74) is 5.15. The first-order chi connectivity index (χ1) is 7.18. The first-order valence-corrected chi connectivity index (χ1v) is 4.54. The van der Waals surface area contributed by atoms with Gasteiger partial charge in [0.1, 0.15) is 0 Å². The molecule has 6 heteroatoms. The summed E-state index contributed by atoms with van der Waals surface area (Å²) in [7, 11) is 0. The summed E-state index contributed by atoms with van der Waals surface area (Å²) in [5, 5.41) is 0. The van der Waals surface area contributed by atoms with E-state index >= 15 is 0 Å². The Morgan fingerprint density at radius 2 is 2.33 bits per heavy atom. The second-order valence-corrected chi connectivity index (χ2v) is 3.37. The highest BCUT2D eigenvalue weighted by Gasteiger charge is 2.34. The second-order valence-electron chi connectivity index (χ2n) is 3.37. The number of aromatic nitrogens is 2. The number of rotatable bonds is 2. The monoisotopic (exact) mass is 206 g/mol. The number of carbonyl (C=O) groups excluding carboxylic acids is 2. The number of anilines is 1. The Morgan fingerprint density at radius 3 is 2.87 bits per heavy atom. The maximum Gasteiger partial charge on any atom is 0.229 e. The van der Waals surface area contributed by atoms with Crippen LogP contribution in [0.3, 0.4) is 0 Å². The summed E-state index contributed by atoms with van der Waals surface area (Å²) >= 11 is 0. The minimum Gasteiger partial charge on any atom is -0.369 e. The number of primary amides is 1. The van der Waals surface area contributed by atoms with Crippen LogP contribution in [0.2, 0.25) is 0 Å². The molecule has 0 saturated carbocycles. The van der Waals surface area contributed by atoms with Crippen LogP contribution in [0.1, 0.15) is 6.42 Å². The van der Waals surface area contributed by atoms with Crippen LogP contribution in [0.15, 0.2) is 18.6 Å². The number of hydrogen-bond acceptors (Lipinski definition) is 4. The fourth-order valence-corrected chi connectivity index (χ4v) is 1.55. The van der Waals surface area contributed by atoms with Crippen molar-refractivity contribution in [1.29, 1.82) is 0 Å². The second kappa shape index (κ2) is 3.64. The number of hydrogen-bond donors (Lipinski definition) is 1. The van der Waals surface area contributed by atoms with Crippen LogP contribution in [-0.4, -0.2) is 28.3 Å². The Hall–Kier alpha value is -1.98. The van der Waals surface area contributed by atoms with Gasteiger partial charge in [0.05, 0.1) is 12.1 Å². The van der Waals surface area contributed by atoms with E-state index in [9.17, 15) is 9.59 Å². The lowest BCUT2D eigenvalue weighted by Gasteiger charge is -2.13. The molecule has 2 rings (SSSR count). The fourth-order valence-electron chi connectivity index (χ4n) is 1.55. The molecule has 0 aromatic carbocycles. The van der Waals surface area contributed by atoms with Crippen LogP contribution in [0.4, 0.5) is 5.82 Å². The molecule has 0 aliphatic carbocycles. The van der Waals surface area contributed by atoms with Crippen molar-refractivity contribution < 1.29 is 9.59 Å². The van der Waals surface area contributed by atoms with Gasteiger partial charge in [0.15, 0.2) is 5.82 Å². The lowest BCUT2D eigenvalue weighted by atomic mass is 10.1. The molecule has 2 N–H and O–H groups in total. The largest absolute Gasteiger partial charge is 0.369 e. The molecule has 0 spiro atoms. The molecular weight excluding hydrogens is 196 g/mol. The summed E-state index contributed by atoms with van der Waals surface area (Å²) in [5.74, 6) is -0.542. The Labute approximate surface area is 86.1 Å². The average molecular weight is 206 g/mol. The molecule has 78 valence electrons. The van der Waals surface area contributed by atoms with Crippen LogP contribution in [-0.2, 0) is 9.59 Å². The molecular formula is C9H10N4O2. The summed E-state index contributed by atoms with van der Waals surface area (Å²) in [4.78, 5) is 31.8. The quantitative estimate of drug-likeness (QED) is 0.693. The van der Waals surface area contributed by atoms with Crippen molar-refractivity contribution in [3.05, 3.63) is 18.6 Å². The van der Waals surface area contributed by atoms with Gasteiger partial charge >= 0.3 is 0 Å². The van der Waals surface area contributed by atoms with Gasteiger partial charge in [0.2, 0.25) is 11.8 Å². The zero-order chi connectivity index (χ0) is 10.8. The molecule has 2 heterocycles. The zero-order valence-electron chi connectivity index (χ0n) is 7.96. The van der Waals surface area contributed by atoms with Gasteiger partial charge in [0, 0.05) is 25.4 Å². The molecule has 6 nitrogen and oxygen atoms in total. The van der Waals surface area contributed by atoms with E-state index in [0.717, 1.165) is 0 Å². The van der Waals surface area contributed by atoms with Gasteiger partial charge < -0.3 is 5.73 Å². The summed E-state index contributed by atoms with van der Waals surface area (Å²) in [6, 6.07) is 0. The van der Waals surface area contributed by atoms with Crippen molar-refractivity contribution in [2.75, 3.05) is 11.4 Å². The normalized spacial score (nSPS) is 20.7. The summed E-state index contributed by atoms with van der Waals surface area (Å²) in [6.07, 6.45) is 4.67. The fraction of sp³-hybridized carbons (Fsp3) is 0.333. The highest BCUT2D eigenvalue weighted by Crippen LogP contribution is 2.21. The van der Waals surface area contributed by atoms with Gasteiger partial charge in [-0.1, -0.05) is 0 Å². The smallest absolute Gasteiger partial charge is 0.229 e. The molecule has 1 saturated heterocycles. The molecule has 1 unspecified atom stereocenters. The van der Waals surface area contributed by atoms with Crippen molar-refractivity contribution in [1.82, 2.24) is 9.97 Å². The van der Waals surface area contributed by atoms with Crippen molar-refractivity contribution in [2.24, 2.45) is 11.7 Å². The van der Waals surface area contributed by atoms with E-state index in [1.165, 1.54) is 23.5 Å². The maximum absolute atomic E-state index is 11.5. The van der Waals surface area contributed by atoms with Gasteiger partial charge in [-0.25, -0.2) is 4.98 Å². The average Bonchev–Trinajstić information content (AvgIpc) is 2.62. The SMILES string of the molecule is NC(=O)C1CC(=O)N(c2cnccn2)C1. The molecule has 1 aromatic heterocycles. The lowest BCUT2D eigenvalue weighted by molar-refractivity contribution is -0.123. The first kappa shape index (κ1) is 9.57. The van der Waals surface area contributed by atoms with Crippen LogP contribution < -0.4 is 10.6 Å². The predicted molar refractivity (Wildman–Crippen MR) is 51.7 cm³/mol. The number of nitrogens with zero attached hydrogens (tertiary/aromatic N) is 3. The van der Waals surface area contributed by atoms with Gasteiger partial charge in [-0.15, -0.1) is 0 Å². The lowest BCUT2D eigenvalue weighted by Crippen LogP contribution is -2.28. The molecule has 1 aliphatic rings. The molecule has 2 amide bonds. The van der Waals surface area contributed by atoms with Crippen molar-refractivity contribution in [3.63, 3.8) is 0 Å². The summed E-state index contributed by atoms with van der Waals surface area (Å²) < 4.78 is 0. The standard InChI is InChI=1S/C9H10N4O2/c10-9(15)6-3-8(14)13(5-6)7-4-11-1-2-12-7/h1-2,4,6H,3,5H2,(H2,10,15). The summed E-state index contributed by atoms with van der Waals surface area (Å²) in [6.45, 7) is 0.298. The Bertz CT molecular complexity index is 392. The van der Waals surface area contributed by atoms with E-state index in [0.29, 0.717) is 12.4 Å².